The van der Waals surface area contributed by atoms with Crippen LogP contribution in [0.4, 0.5) is 0 Å². The molecule has 4 heteroatoms. The number of aliphatic hydroxyl groups excluding tert-OH is 2. The van der Waals surface area contributed by atoms with Crippen LogP contribution in [0.25, 0.3) is 0 Å². The predicted octanol–water partition coefficient (Wildman–Crippen LogP) is 0.480. The van der Waals surface area contributed by atoms with Gasteiger partial charge in [0.1, 0.15) is 0 Å². The van der Waals surface area contributed by atoms with Gasteiger partial charge in [0.2, 0.25) is 0 Å². The Bertz CT molecular complexity index is 181. The molecule has 16 heavy (non-hydrogen) atoms. The monoisotopic (exact) mass is 231 g/mol. The van der Waals surface area contributed by atoms with Crippen molar-refractivity contribution in [1.82, 2.24) is 4.90 Å². The van der Waals surface area contributed by atoms with E-state index in [-0.39, 0.29) is 18.6 Å². The van der Waals surface area contributed by atoms with Crippen LogP contribution in [0.5, 0.6) is 0 Å². The number of nitrogens with zero attached hydrogens (tertiary/aromatic N) is 1. The van der Waals surface area contributed by atoms with Gasteiger partial charge in [0, 0.05) is 25.1 Å². The van der Waals surface area contributed by atoms with E-state index in [9.17, 15) is 5.11 Å². The summed E-state index contributed by atoms with van der Waals surface area (Å²) in [5, 5.41) is 18.5. The molecule has 2 N–H and O–H groups in total. The van der Waals surface area contributed by atoms with Crippen LogP contribution in [-0.4, -0.2) is 61.2 Å². The van der Waals surface area contributed by atoms with Gasteiger partial charge in [0.25, 0.3) is 0 Å². The second-order valence-electron chi connectivity index (χ2n) is 4.81. The molecule has 1 aliphatic rings. The number of aliphatic hydroxyl groups is 2. The molecule has 0 spiro atoms. The summed E-state index contributed by atoms with van der Waals surface area (Å²) in [6, 6.07) is 0. The van der Waals surface area contributed by atoms with Crippen LogP contribution in [0.2, 0.25) is 0 Å². The van der Waals surface area contributed by atoms with E-state index >= 15 is 0 Å². The Kier molecular flexibility index (Phi) is 6.28. The topological polar surface area (TPSA) is 52.9 Å². The summed E-state index contributed by atoms with van der Waals surface area (Å²) >= 11 is 0. The Hall–Kier alpha value is -0.160. The SMILES string of the molecule is CCCCN(CCO)CC1(CO)CCOC1. The van der Waals surface area contributed by atoms with Crippen molar-refractivity contribution >= 4 is 0 Å². The molecule has 0 radical (unpaired) electrons. The normalized spacial score (nSPS) is 25.5. The van der Waals surface area contributed by atoms with Gasteiger partial charge in [0.15, 0.2) is 0 Å². The third-order valence-corrected chi connectivity index (χ3v) is 3.32. The fourth-order valence-corrected chi connectivity index (χ4v) is 2.22. The van der Waals surface area contributed by atoms with Crippen LogP contribution >= 0.6 is 0 Å². The first-order chi connectivity index (χ1) is 7.76. The Morgan fingerprint density at radius 2 is 2.12 bits per heavy atom. The van der Waals surface area contributed by atoms with Gasteiger partial charge >= 0.3 is 0 Å². The number of hydrogen-bond acceptors (Lipinski definition) is 4. The van der Waals surface area contributed by atoms with Crippen LogP contribution in [0, 0.1) is 5.41 Å². The lowest BCUT2D eigenvalue weighted by molar-refractivity contribution is 0.0503. The molecule has 0 aromatic carbocycles. The maximum atomic E-state index is 9.49. The summed E-state index contributed by atoms with van der Waals surface area (Å²) in [4.78, 5) is 2.24. The summed E-state index contributed by atoms with van der Waals surface area (Å²) in [6.07, 6.45) is 3.23. The summed E-state index contributed by atoms with van der Waals surface area (Å²) in [5.41, 5.74) is -0.0943. The Morgan fingerprint density at radius 1 is 1.31 bits per heavy atom. The molecule has 0 aliphatic carbocycles. The van der Waals surface area contributed by atoms with E-state index in [0.29, 0.717) is 13.2 Å². The molecule has 0 amide bonds. The quantitative estimate of drug-likeness (QED) is 0.638. The highest BCUT2D eigenvalue weighted by Gasteiger charge is 2.35. The second kappa shape index (κ2) is 7.22. The smallest absolute Gasteiger partial charge is 0.0558 e. The van der Waals surface area contributed by atoms with Crippen molar-refractivity contribution < 1.29 is 14.9 Å². The van der Waals surface area contributed by atoms with Gasteiger partial charge in [-0.15, -0.1) is 0 Å². The van der Waals surface area contributed by atoms with E-state index < -0.39 is 0 Å². The molecule has 0 aromatic rings. The van der Waals surface area contributed by atoms with Gasteiger partial charge in [-0.3, -0.25) is 0 Å². The molecule has 1 fully saturated rings. The fourth-order valence-electron chi connectivity index (χ4n) is 2.22. The van der Waals surface area contributed by atoms with Gasteiger partial charge in [-0.1, -0.05) is 13.3 Å². The Labute approximate surface area is 98.2 Å². The standard InChI is InChI=1S/C12H25NO3/c1-2-3-5-13(6-7-14)9-12(10-15)4-8-16-11-12/h14-15H,2-11H2,1H3. The minimum atomic E-state index is -0.0943. The molecule has 96 valence electrons. The average molecular weight is 231 g/mol. The first-order valence-corrected chi connectivity index (χ1v) is 6.28. The Balaban J connectivity index is 2.44. The van der Waals surface area contributed by atoms with Crippen molar-refractivity contribution in [2.75, 3.05) is 46.1 Å². The zero-order chi connectivity index (χ0) is 11.9. The van der Waals surface area contributed by atoms with Crippen LogP contribution < -0.4 is 0 Å². The maximum absolute atomic E-state index is 9.49. The summed E-state index contributed by atoms with van der Waals surface area (Å²) in [5.74, 6) is 0. The largest absolute Gasteiger partial charge is 0.396 e. The lowest BCUT2D eigenvalue weighted by Crippen LogP contribution is -2.42. The van der Waals surface area contributed by atoms with Crippen LogP contribution in [-0.2, 0) is 4.74 Å². The summed E-state index contributed by atoms with van der Waals surface area (Å²) in [7, 11) is 0. The first kappa shape index (κ1) is 13.9. The maximum Gasteiger partial charge on any atom is 0.0558 e. The third kappa shape index (κ3) is 4.01. The van der Waals surface area contributed by atoms with E-state index in [0.717, 1.165) is 39.0 Å². The summed E-state index contributed by atoms with van der Waals surface area (Å²) in [6.45, 7) is 6.47. The molecule has 1 heterocycles. The van der Waals surface area contributed by atoms with Crippen molar-refractivity contribution in [2.45, 2.75) is 26.2 Å². The number of hydrogen-bond donors (Lipinski definition) is 2. The van der Waals surface area contributed by atoms with E-state index in [1.54, 1.807) is 0 Å². The van der Waals surface area contributed by atoms with Gasteiger partial charge < -0.3 is 19.8 Å². The molecule has 1 saturated heterocycles. The van der Waals surface area contributed by atoms with Gasteiger partial charge in [-0.05, 0) is 19.4 Å². The molecular weight excluding hydrogens is 206 g/mol. The molecule has 0 aromatic heterocycles. The van der Waals surface area contributed by atoms with E-state index in [1.807, 2.05) is 0 Å². The van der Waals surface area contributed by atoms with Gasteiger partial charge in [-0.25, -0.2) is 0 Å². The van der Waals surface area contributed by atoms with Gasteiger partial charge in [0.05, 0.1) is 19.8 Å². The average Bonchev–Trinajstić information content (AvgIpc) is 2.75. The number of ether oxygens (including phenoxy) is 1. The summed E-state index contributed by atoms with van der Waals surface area (Å²) < 4.78 is 5.39. The Morgan fingerprint density at radius 3 is 2.62 bits per heavy atom. The molecule has 4 nitrogen and oxygen atoms in total. The third-order valence-electron chi connectivity index (χ3n) is 3.32. The lowest BCUT2D eigenvalue weighted by Gasteiger charge is -2.32. The van der Waals surface area contributed by atoms with E-state index in [4.69, 9.17) is 9.84 Å². The van der Waals surface area contributed by atoms with Crippen molar-refractivity contribution in [3.63, 3.8) is 0 Å². The number of unbranched alkanes of at least 4 members (excludes halogenated alkanes) is 1. The van der Waals surface area contributed by atoms with Crippen molar-refractivity contribution in [3.8, 4) is 0 Å². The molecule has 0 bridgehead atoms. The van der Waals surface area contributed by atoms with Crippen molar-refractivity contribution in [1.29, 1.82) is 0 Å². The van der Waals surface area contributed by atoms with Crippen molar-refractivity contribution in [3.05, 3.63) is 0 Å². The predicted molar refractivity (Wildman–Crippen MR) is 63.4 cm³/mol. The fraction of sp³-hybridized carbons (Fsp3) is 1.00. The first-order valence-electron chi connectivity index (χ1n) is 6.28. The zero-order valence-corrected chi connectivity index (χ0v) is 10.3. The second-order valence-corrected chi connectivity index (χ2v) is 4.81. The molecular formula is C12H25NO3. The molecule has 1 rings (SSSR count). The zero-order valence-electron chi connectivity index (χ0n) is 10.3. The molecule has 1 unspecified atom stereocenters. The minimum Gasteiger partial charge on any atom is -0.396 e. The number of rotatable bonds is 8. The molecule has 0 saturated carbocycles. The lowest BCUT2D eigenvalue weighted by atomic mass is 9.87. The highest BCUT2D eigenvalue weighted by molar-refractivity contribution is 4.85. The van der Waals surface area contributed by atoms with Crippen LogP contribution in [0.1, 0.15) is 26.2 Å². The van der Waals surface area contributed by atoms with E-state index in [2.05, 4.69) is 11.8 Å². The van der Waals surface area contributed by atoms with Crippen LogP contribution in [0.15, 0.2) is 0 Å². The molecule has 1 atom stereocenters. The van der Waals surface area contributed by atoms with Crippen molar-refractivity contribution in [2.24, 2.45) is 5.41 Å². The van der Waals surface area contributed by atoms with Gasteiger partial charge in [-0.2, -0.15) is 0 Å². The minimum absolute atomic E-state index is 0.0943. The molecule has 1 aliphatic heterocycles. The van der Waals surface area contributed by atoms with E-state index in [1.165, 1.54) is 0 Å². The highest BCUT2D eigenvalue weighted by Crippen LogP contribution is 2.29. The highest BCUT2D eigenvalue weighted by atomic mass is 16.5. The van der Waals surface area contributed by atoms with Crippen LogP contribution in [0.3, 0.4) is 0 Å².